The number of carbonyl (C=O) groups excluding carboxylic acids is 1. The molecule has 242 valence electrons. The third-order valence-corrected chi connectivity index (χ3v) is 8.48. The molecule has 1 amide bonds. The van der Waals surface area contributed by atoms with E-state index < -0.39 is 78.8 Å². The zero-order chi connectivity index (χ0) is 30.6. The van der Waals surface area contributed by atoms with E-state index in [4.69, 9.17) is 36.1 Å². The number of nitrogens with one attached hydrogen (secondary N) is 3. The summed E-state index contributed by atoms with van der Waals surface area (Å²) in [6.07, 6.45) is -3.46. The Balaban J connectivity index is 1.47. The Bertz CT molecular complexity index is 925. The van der Waals surface area contributed by atoms with Crippen LogP contribution in [0.1, 0.15) is 39.0 Å². The molecule has 2 aliphatic carbocycles. The molecule has 15 heteroatoms. The van der Waals surface area contributed by atoms with E-state index in [2.05, 4.69) is 16.0 Å². The number of ether oxygens (including phenoxy) is 4. The second-order valence-electron chi connectivity index (χ2n) is 12.2. The predicted octanol–water partition coefficient (Wildman–Crippen LogP) is -3.94. The van der Waals surface area contributed by atoms with Gasteiger partial charge in [0.25, 0.3) is 0 Å². The fraction of sp³-hybridized carbons (Fsp3) is 0.889. The second kappa shape index (κ2) is 14.5. The van der Waals surface area contributed by atoms with E-state index in [1.54, 1.807) is 7.05 Å². The first-order chi connectivity index (χ1) is 19.9. The molecule has 1 saturated heterocycles. The molecule has 2 heterocycles. The van der Waals surface area contributed by atoms with Crippen LogP contribution in [-0.2, 0) is 23.7 Å². The standard InChI is InChI=1S/C27H50N6O9/c1-27(38)12-39-26(20(36)23(27)31-2)42-22-17(33-24(37)18(34)7-8-28)9-16(30)21(19(22)35)41-25-15(29)6-5-14(40-25)11-32-10-13-3-4-13/h5,13,15-23,25-26,31-32,34-36,38H,3-4,6-12,28-30H2,1-2H3,(H,33,37)/t15-,16+,17-,18+,19+,20-,21-,22+,23-,25-,26-,27+/m1/s1. The number of hydrogen-bond donors (Lipinski definition) is 10. The number of rotatable bonds is 13. The average molecular weight is 603 g/mol. The lowest BCUT2D eigenvalue weighted by molar-refractivity contribution is -0.304. The van der Waals surface area contributed by atoms with Crippen LogP contribution in [0, 0.1) is 5.92 Å². The Morgan fingerprint density at radius 2 is 1.88 bits per heavy atom. The molecule has 42 heavy (non-hydrogen) atoms. The minimum absolute atomic E-state index is 0.0378. The Morgan fingerprint density at radius 3 is 2.55 bits per heavy atom. The van der Waals surface area contributed by atoms with E-state index in [0.717, 1.165) is 6.54 Å². The van der Waals surface area contributed by atoms with Crippen molar-refractivity contribution in [1.82, 2.24) is 16.0 Å². The molecule has 4 aliphatic rings. The Hall–Kier alpha value is -1.47. The molecule has 13 N–H and O–H groups in total. The fourth-order valence-corrected chi connectivity index (χ4v) is 5.81. The summed E-state index contributed by atoms with van der Waals surface area (Å²) >= 11 is 0. The predicted molar refractivity (Wildman–Crippen MR) is 150 cm³/mol. The minimum Gasteiger partial charge on any atom is -0.467 e. The number of likely N-dealkylation sites (N-methyl/N-ethyl adjacent to an activating group) is 1. The van der Waals surface area contributed by atoms with Crippen molar-refractivity contribution in [2.75, 3.05) is 33.3 Å². The van der Waals surface area contributed by atoms with Gasteiger partial charge < -0.3 is 72.5 Å². The SMILES string of the molecule is CN[C@@H]1[C@@H](O)[C@@H](O[C@@H]2[C@@H](O)[C@H](O[C@H]3OC(CNCC4CC4)=CC[C@H]3N)[C@@H](N)C[C@H]2NC(=O)[C@@H](O)CCN)OC[C@]1(C)O. The van der Waals surface area contributed by atoms with E-state index in [9.17, 15) is 25.2 Å². The topological polar surface area (TPSA) is 249 Å². The van der Waals surface area contributed by atoms with Gasteiger partial charge in [0.05, 0.1) is 31.3 Å². The van der Waals surface area contributed by atoms with Gasteiger partial charge in [-0.1, -0.05) is 0 Å². The number of hydrogen-bond acceptors (Lipinski definition) is 14. The molecule has 0 aromatic rings. The van der Waals surface area contributed by atoms with Crippen LogP contribution in [-0.4, -0.2) is 132 Å². The molecular formula is C27H50N6O9. The zero-order valence-electron chi connectivity index (χ0n) is 24.4. The highest BCUT2D eigenvalue weighted by atomic mass is 16.7. The average Bonchev–Trinajstić information content (AvgIpc) is 3.76. The largest absolute Gasteiger partial charge is 0.467 e. The second-order valence-corrected chi connectivity index (χ2v) is 12.2. The van der Waals surface area contributed by atoms with Crippen LogP contribution in [0.3, 0.4) is 0 Å². The van der Waals surface area contributed by atoms with E-state index in [0.29, 0.717) is 24.6 Å². The Morgan fingerprint density at radius 1 is 1.17 bits per heavy atom. The van der Waals surface area contributed by atoms with E-state index in [1.807, 2.05) is 6.08 Å². The van der Waals surface area contributed by atoms with Gasteiger partial charge in [-0.05, 0) is 71.2 Å². The maximum Gasteiger partial charge on any atom is 0.249 e. The number of nitrogens with two attached hydrogens (primary N) is 3. The van der Waals surface area contributed by atoms with Gasteiger partial charge in [0, 0.05) is 6.04 Å². The molecule has 2 saturated carbocycles. The van der Waals surface area contributed by atoms with Gasteiger partial charge in [-0.25, -0.2) is 0 Å². The summed E-state index contributed by atoms with van der Waals surface area (Å²) in [5, 5.41) is 52.3. The third-order valence-electron chi connectivity index (χ3n) is 8.48. The molecule has 12 atom stereocenters. The molecule has 15 nitrogen and oxygen atoms in total. The lowest BCUT2D eigenvalue weighted by Crippen LogP contribution is -2.69. The number of carbonyl (C=O) groups is 1. The smallest absolute Gasteiger partial charge is 0.249 e. The number of aliphatic hydroxyl groups excluding tert-OH is 3. The molecule has 0 bridgehead atoms. The molecule has 2 aliphatic heterocycles. The van der Waals surface area contributed by atoms with Crippen molar-refractivity contribution >= 4 is 5.91 Å². The van der Waals surface area contributed by atoms with Crippen LogP contribution in [0.5, 0.6) is 0 Å². The van der Waals surface area contributed by atoms with Crippen LogP contribution >= 0.6 is 0 Å². The summed E-state index contributed by atoms with van der Waals surface area (Å²) in [5.41, 5.74) is 16.9. The summed E-state index contributed by atoms with van der Waals surface area (Å²) in [7, 11) is 1.59. The maximum absolute atomic E-state index is 12.7. The van der Waals surface area contributed by atoms with Crippen LogP contribution in [0.4, 0.5) is 0 Å². The first-order valence-corrected chi connectivity index (χ1v) is 14.9. The van der Waals surface area contributed by atoms with E-state index in [-0.39, 0.29) is 26.0 Å². The van der Waals surface area contributed by atoms with Crippen molar-refractivity contribution in [2.24, 2.45) is 23.1 Å². The summed E-state index contributed by atoms with van der Waals surface area (Å²) in [6, 6.07) is -2.98. The monoisotopic (exact) mass is 602 g/mol. The molecule has 0 unspecified atom stereocenters. The Kier molecular flexibility index (Phi) is 11.6. The van der Waals surface area contributed by atoms with Crippen molar-refractivity contribution in [3.63, 3.8) is 0 Å². The van der Waals surface area contributed by atoms with Crippen molar-refractivity contribution in [3.8, 4) is 0 Å². The quantitative estimate of drug-likeness (QED) is 0.0967. The molecule has 4 rings (SSSR count). The van der Waals surface area contributed by atoms with Crippen LogP contribution in [0.2, 0.25) is 0 Å². The Labute approximate surface area is 246 Å². The zero-order valence-corrected chi connectivity index (χ0v) is 24.4. The molecule has 0 aromatic carbocycles. The van der Waals surface area contributed by atoms with E-state index >= 15 is 0 Å². The lowest BCUT2D eigenvalue weighted by Gasteiger charge is -2.48. The summed E-state index contributed by atoms with van der Waals surface area (Å²) in [4.78, 5) is 12.7. The first kappa shape index (κ1) is 33.4. The maximum atomic E-state index is 12.7. The highest BCUT2D eigenvalue weighted by molar-refractivity contribution is 5.80. The van der Waals surface area contributed by atoms with E-state index in [1.165, 1.54) is 19.8 Å². The molecule has 0 radical (unpaired) electrons. The van der Waals surface area contributed by atoms with Gasteiger partial charge in [-0.2, -0.15) is 0 Å². The summed E-state index contributed by atoms with van der Waals surface area (Å²) < 4.78 is 24.0. The van der Waals surface area contributed by atoms with Gasteiger partial charge in [-0.3, -0.25) is 4.79 Å². The molecular weight excluding hydrogens is 552 g/mol. The van der Waals surface area contributed by atoms with Crippen molar-refractivity contribution in [3.05, 3.63) is 11.8 Å². The third kappa shape index (κ3) is 8.16. The van der Waals surface area contributed by atoms with Gasteiger partial charge in [0.15, 0.2) is 6.29 Å². The minimum atomic E-state index is -1.42. The van der Waals surface area contributed by atoms with Gasteiger partial charge in [0.2, 0.25) is 12.2 Å². The van der Waals surface area contributed by atoms with Crippen molar-refractivity contribution in [1.29, 1.82) is 0 Å². The fourth-order valence-electron chi connectivity index (χ4n) is 5.81. The van der Waals surface area contributed by atoms with Gasteiger partial charge in [-0.15, -0.1) is 0 Å². The summed E-state index contributed by atoms with van der Waals surface area (Å²) in [5.74, 6) is 0.698. The normalized spacial score (nSPS) is 41.5. The van der Waals surface area contributed by atoms with Gasteiger partial charge in [0.1, 0.15) is 41.9 Å². The van der Waals surface area contributed by atoms with Crippen molar-refractivity contribution in [2.45, 2.75) is 112 Å². The lowest BCUT2D eigenvalue weighted by atomic mass is 9.83. The molecule has 0 spiro atoms. The van der Waals surface area contributed by atoms with Gasteiger partial charge >= 0.3 is 0 Å². The summed E-state index contributed by atoms with van der Waals surface area (Å²) in [6.45, 7) is 2.89. The van der Waals surface area contributed by atoms with Crippen molar-refractivity contribution < 1.29 is 44.2 Å². The highest BCUT2D eigenvalue weighted by Gasteiger charge is 2.52. The molecule has 3 fully saturated rings. The van der Waals surface area contributed by atoms with Crippen LogP contribution < -0.4 is 33.2 Å². The number of amides is 1. The highest BCUT2D eigenvalue weighted by Crippen LogP contribution is 2.32. The number of aliphatic hydroxyl groups is 4. The first-order valence-electron chi connectivity index (χ1n) is 14.9. The van der Waals surface area contributed by atoms with Crippen LogP contribution in [0.25, 0.3) is 0 Å². The van der Waals surface area contributed by atoms with Crippen LogP contribution in [0.15, 0.2) is 11.8 Å². The molecule has 0 aromatic heterocycles.